The Morgan fingerprint density at radius 3 is 3.07 bits per heavy atom. The van der Waals surface area contributed by atoms with Crippen LogP contribution in [0, 0.1) is 6.92 Å². The molecule has 0 saturated carbocycles. The number of carbonyl (C=O) groups excluding carboxylic acids is 1. The lowest BCUT2D eigenvalue weighted by molar-refractivity contribution is -0.119. The molecule has 1 atom stereocenters. The van der Waals surface area contributed by atoms with Crippen molar-refractivity contribution >= 4 is 5.91 Å². The molecule has 2 N–H and O–H groups in total. The lowest BCUT2D eigenvalue weighted by Crippen LogP contribution is -2.30. The van der Waals surface area contributed by atoms with Gasteiger partial charge in [-0.3, -0.25) is 4.79 Å². The van der Waals surface area contributed by atoms with Gasteiger partial charge >= 0.3 is 0 Å². The van der Waals surface area contributed by atoms with Gasteiger partial charge in [-0.25, -0.2) is 0 Å². The number of rotatable bonds is 3. The molecule has 0 aliphatic carbocycles. The lowest BCUT2D eigenvalue weighted by Gasteiger charge is -2.07. The molecule has 2 heterocycles. The molecule has 1 aromatic heterocycles. The van der Waals surface area contributed by atoms with E-state index in [2.05, 4.69) is 10.6 Å². The van der Waals surface area contributed by atoms with E-state index in [0.29, 0.717) is 13.0 Å². The van der Waals surface area contributed by atoms with Crippen molar-refractivity contribution in [1.82, 2.24) is 10.6 Å². The summed E-state index contributed by atoms with van der Waals surface area (Å²) in [5.74, 6) is 1.96. The first-order valence-corrected chi connectivity index (χ1v) is 4.79. The van der Waals surface area contributed by atoms with E-state index < -0.39 is 0 Å². The van der Waals surface area contributed by atoms with Gasteiger partial charge < -0.3 is 15.1 Å². The Labute approximate surface area is 82.7 Å². The molecule has 2 rings (SSSR count). The van der Waals surface area contributed by atoms with E-state index in [1.54, 1.807) is 0 Å². The maximum absolute atomic E-state index is 10.9. The highest BCUT2D eigenvalue weighted by Crippen LogP contribution is 2.07. The quantitative estimate of drug-likeness (QED) is 0.739. The summed E-state index contributed by atoms with van der Waals surface area (Å²) in [7, 11) is 0. The molecule has 0 aromatic carbocycles. The normalized spacial score (nSPS) is 21.2. The standard InChI is InChI=1S/C10H14N2O2/c1-7-2-3-9(14-7)6-11-8-4-10(13)12-5-8/h2-3,8,11H,4-6H2,1H3,(H,12,13). The Balaban J connectivity index is 1.80. The summed E-state index contributed by atoms with van der Waals surface area (Å²) in [5, 5.41) is 6.04. The first-order valence-electron chi connectivity index (χ1n) is 4.79. The highest BCUT2D eigenvalue weighted by molar-refractivity contribution is 5.78. The van der Waals surface area contributed by atoms with Gasteiger partial charge in [0, 0.05) is 19.0 Å². The minimum absolute atomic E-state index is 0.123. The second kappa shape index (κ2) is 3.84. The van der Waals surface area contributed by atoms with Crippen LogP contribution in [0.25, 0.3) is 0 Å². The van der Waals surface area contributed by atoms with Gasteiger partial charge in [0.25, 0.3) is 0 Å². The lowest BCUT2D eigenvalue weighted by atomic mass is 10.2. The first-order chi connectivity index (χ1) is 6.74. The number of aryl methyl sites for hydroxylation is 1. The predicted octanol–water partition coefficient (Wildman–Crippen LogP) is 0.566. The van der Waals surface area contributed by atoms with Crippen LogP contribution in [0.15, 0.2) is 16.5 Å². The van der Waals surface area contributed by atoms with Gasteiger partial charge in [-0.05, 0) is 19.1 Å². The van der Waals surface area contributed by atoms with E-state index in [4.69, 9.17) is 4.42 Å². The number of amides is 1. The third-order valence-corrected chi connectivity index (χ3v) is 2.34. The van der Waals surface area contributed by atoms with Gasteiger partial charge in [-0.1, -0.05) is 0 Å². The number of nitrogens with one attached hydrogen (secondary N) is 2. The Kier molecular flexibility index (Phi) is 2.54. The highest BCUT2D eigenvalue weighted by Gasteiger charge is 2.20. The molecule has 1 aromatic rings. The fraction of sp³-hybridized carbons (Fsp3) is 0.500. The van der Waals surface area contributed by atoms with Crippen molar-refractivity contribution in [3.63, 3.8) is 0 Å². The minimum atomic E-state index is 0.123. The SMILES string of the molecule is Cc1ccc(CNC2CNC(=O)C2)o1. The summed E-state index contributed by atoms with van der Waals surface area (Å²) in [6, 6.07) is 4.13. The summed E-state index contributed by atoms with van der Waals surface area (Å²) >= 11 is 0. The van der Waals surface area contributed by atoms with Crippen LogP contribution in [0.2, 0.25) is 0 Å². The van der Waals surface area contributed by atoms with Gasteiger partial charge in [-0.2, -0.15) is 0 Å². The van der Waals surface area contributed by atoms with Crippen molar-refractivity contribution in [3.05, 3.63) is 23.7 Å². The molecule has 4 heteroatoms. The Hall–Kier alpha value is -1.29. The van der Waals surface area contributed by atoms with E-state index in [0.717, 1.165) is 18.1 Å². The maximum atomic E-state index is 10.9. The zero-order chi connectivity index (χ0) is 9.97. The zero-order valence-corrected chi connectivity index (χ0v) is 8.17. The number of hydrogen-bond donors (Lipinski definition) is 2. The third-order valence-electron chi connectivity index (χ3n) is 2.34. The molecule has 14 heavy (non-hydrogen) atoms. The van der Waals surface area contributed by atoms with Gasteiger partial charge in [0.05, 0.1) is 6.54 Å². The van der Waals surface area contributed by atoms with E-state index in [-0.39, 0.29) is 11.9 Å². The van der Waals surface area contributed by atoms with Crippen molar-refractivity contribution in [2.75, 3.05) is 6.54 Å². The molecule has 0 radical (unpaired) electrons. The molecular formula is C10H14N2O2. The van der Waals surface area contributed by atoms with Crippen LogP contribution in [-0.4, -0.2) is 18.5 Å². The summed E-state index contributed by atoms with van der Waals surface area (Å²) in [6.07, 6.45) is 0.569. The molecule has 1 aliphatic rings. The third kappa shape index (κ3) is 2.14. The maximum Gasteiger partial charge on any atom is 0.221 e. The summed E-state index contributed by atoms with van der Waals surface area (Å²) in [5.41, 5.74) is 0. The Bertz CT molecular complexity index is 333. The minimum Gasteiger partial charge on any atom is -0.465 e. The molecule has 1 fully saturated rings. The van der Waals surface area contributed by atoms with Crippen molar-refractivity contribution < 1.29 is 9.21 Å². The molecule has 1 saturated heterocycles. The van der Waals surface area contributed by atoms with Crippen molar-refractivity contribution in [3.8, 4) is 0 Å². The molecule has 0 spiro atoms. The van der Waals surface area contributed by atoms with E-state index in [1.807, 2.05) is 19.1 Å². The molecule has 1 unspecified atom stereocenters. The molecule has 76 valence electrons. The monoisotopic (exact) mass is 194 g/mol. The van der Waals surface area contributed by atoms with Crippen molar-refractivity contribution in [2.45, 2.75) is 25.9 Å². The summed E-state index contributed by atoms with van der Waals surface area (Å²) < 4.78 is 5.40. The molecule has 1 amide bonds. The van der Waals surface area contributed by atoms with Crippen LogP contribution < -0.4 is 10.6 Å². The van der Waals surface area contributed by atoms with E-state index in [1.165, 1.54) is 0 Å². The van der Waals surface area contributed by atoms with Crippen molar-refractivity contribution in [2.24, 2.45) is 0 Å². The average molecular weight is 194 g/mol. The van der Waals surface area contributed by atoms with E-state index in [9.17, 15) is 4.79 Å². The zero-order valence-electron chi connectivity index (χ0n) is 8.17. The average Bonchev–Trinajstić information content (AvgIpc) is 2.72. The summed E-state index contributed by atoms with van der Waals surface area (Å²) in [6.45, 7) is 3.33. The fourth-order valence-electron chi connectivity index (χ4n) is 1.57. The van der Waals surface area contributed by atoms with Crippen LogP contribution in [-0.2, 0) is 11.3 Å². The fourth-order valence-corrected chi connectivity index (χ4v) is 1.57. The Morgan fingerprint density at radius 2 is 2.50 bits per heavy atom. The van der Waals surface area contributed by atoms with Crippen LogP contribution >= 0.6 is 0 Å². The molecular weight excluding hydrogens is 180 g/mol. The predicted molar refractivity (Wildman–Crippen MR) is 51.7 cm³/mol. The Morgan fingerprint density at radius 1 is 1.64 bits per heavy atom. The molecule has 4 nitrogen and oxygen atoms in total. The summed E-state index contributed by atoms with van der Waals surface area (Å²) in [4.78, 5) is 10.9. The van der Waals surface area contributed by atoms with E-state index >= 15 is 0 Å². The number of hydrogen-bond acceptors (Lipinski definition) is 3. The topological polar surface area (TPSA) is 54.3 Å². The smallest absolute Gasteiger partial charge is 0.221 e. The van der Waals surface area contributed by atoms with Crippen LogP contribution in [0.5, 0.6) is 0 Å². The first kappa shape index (κ1) is 9.27. The molecule has 1 aliphatic heterocycles. The molecule has 0 bridgehead atoms. The number of carbonyl (C=O) groups is 1. The van der Waals surface area contributed by atoms with Crippen LogP contribution in [0.4, 0.5) is 0 Å². The van der Waals surface area contributed by atoms with Crippen molar-refractivity contribution in [1.29, 1.82) is 0 Å². The number of furan rings is 1. The van der Waals surface area contributed by atoms with Gasteiger partial charge in [0.1, 0.15) is 11.5 Å². The van der Waals surface area contributed by atoms with Gasteiger partial charge in [0.2, 0.25) is 5.91 Å². The van der Waals surface area contributed by atoms with Crippen LogP contribution in [0.3, 0.4) is 0 Å². The van der Waals surface area contributed by atoms with Gasteiger partial charge in [-0.15, -0.1) is 0 Å². The van der Waals surface area contributed by atoms with Gasteiger partial charge in [0.15, 0.2) is 0 Å². The van der Waals surface area contributed by atoms with Crippen LogP contribution in [0.1, 0.15) is 17.9 Å². The second-order valence-corrected chi connectivity index (χ2v) is 3.60. The highest BCUT2D eigenvalue weighted by atomic mass is 16.3. The largest absolute Gasteiger partial charge is 0.465 e. The second-order valence-electron chi connectivity index (χ2n) is 3.60.